The first-order valence-electron chi connectivity index (χ1n) is 32.7. The average molecular weight is 1360 g/mol. The van der Waals surface area contributed by atoms with Crippen LogP contribution >= 0.6 is 0 Å². The van der Waals surface area contributed by atoms with E-state index in [1.54, 1.807) is 15.2 Å². The maximum Gasteiger partial charge on any atom is 0.420 e. The summed E-state index contributed by atoms with van der Waals surface area (Å²) in [6.45, 7) is 30.7. The highest BCUT2D eigenvalue weighted by molar-refractivity contribution is 6.16. The highest BCUT2D eigenvalue weighted by Crippen LogP contribution is 2.52. The zero-order valence-electron chi connectivity index (χ0n) is 56.2. The molecule has 12 aromatic carbocycles. The molecule has 0 saturated heterocycles. The van der Waals surface area contributed by atoms with Crippen molar-refractivity contribution < 1.29 is 39.5 Å². The Morgan fingerprint density at radius 2 is 0.578 bits per heavy atom. The highest BCUT2D eigenvalue weighted by atomic mass is 19.4. The number of nitrogens with zero attached hydrogens (tertiary/aromatic N) is 7. The van der Waals surface area contributed by atoms with Gasteiger partial charge in [-0.25, -0.2) is 9.69 Å². The second-order valence-electron chi connectivity index (χ2n) is 26.2. The fourth-order valence-electron chi connectivity index (χ4n) is 15.6. The Hall–Kier alpha value is -12.3. The number of aryl methyl sites for hydroxylation is 8. The third-order valence-corrected chi connectivity index (χ3v) is 19.9. The minimum Gasteiger partial charge on any atom is -0.308 e. The largest absolute Gasteiger partial charge is 0.420 e. The first-order valence-corrected chi connectivity index (χ1v) is 32.7. The van der Waals surface area contributed by atoms with Gasteiger partial charge in [-0.15, -0.1) is 0 Å². The van der Waals surface area contributed by atoms with E-state index in [9.17, 15) is 31.6 Å². The lowest BCUT2D eigenvalue weighted by Gasteiger charge is -2.25. The van der Waals surface area contributed by atoms with Gasteiger partial charge in [-0.2, -0.15) is 44.8 Å². The zero-order chi connectivity index (χ0) is 71.9. The Balaban J connectivity index is 0.000000165. The van der Waals surface area contributed by atoms with Crippen LogP contribution in [0.5, 0.6) is 0 Å². The van der Waals surface area contributed by atoms with E-state index in [0.717, 1.165) is 106 Å². The number of hydrogen-bond acceptors (Lipinski definition) is 1. The minimum atomic E-state index is -5.01. The summed E-state index contributed by atoms with van der Waals surface area (Å²) in [7, 11) is 0. The normalized spacial score (nSPS) is 12.1. The van der Waals surface area contributed by atoms with Gasteiger partial charge in [0.25, 0.3) is 0 Å². The van der Waals surface area contributed by atoms with Crippen LogP contribution < -0.4 is 0 Å². The van der Waals surface area contributed by atoms with Crippen LogP contribution in [0.4, 0.5) is 50.9 Å². The predicted molar refractivity (Wildman–Crippen MR) is 391 cm³/mol. The smallest absolute Gasteiger partial charge is 0.308 e. The molecule has 16 heteroatoms. The van der Waals surface area contributed by atoms with Crippen LogP contribution in [0.2, 0.25) is 0 Å². The van der Waals surface area contributed by atoms with Crippen LogP contribution in [0, 0.1) is 79.9 Å². The molecule has 0 radical (unpaired) electrons. The van der Waals surface area contributed by atoms with Crippen molar-refractivity contribution in [1.82, 2.24) is 18.3 Å². The number of nitriles is 1. The number of fused-ring (bicyclic) bond motifs is 12. The molecule has 7 nitrogen and oxygen atoms in total. The molecule has 0 atom stereocenters. The van der Waals surface area contributed by atoms with Crippen LogP contribution in [0.3, 0.4) is 0 Å². The lowest BCUT2D eigenvalue weighted by molar-refractivity contribution is -0.138. The Morgan fingerprint density at radius 1 is 0.314 bits per heavy atom. The molecular weight excluding hydrogens is 1300 g/mol. The van der Waals surface area contributed by atoms with Crippen molar-refractivity contribution in [1.29, 1.82) is 5.26 Å². The zero-order valence-corrected chi connectivity index (χ0v) is 56.2. The molecule has 0 aliphatic rings. The third-order valence-electron chi connectivity index (χ3n) is 19.9. The number of aromatic nitrogens is 4. The van der Waals surface area contributed by atoms with Crippen molar-refractivity contribution in [3.05, 3.63) is 296 Å². The van der Waals surface area contributed by atoms with Crippen LogP contribution in [0.25, 0.3) is 142 Å². The lowest BCUT2D eigenvalue weighted by atomic mass is 9.95. The molecule has 0 amide bonds. The van der Waals surface area contributed by atoms with Gasteiger partial charge in [-0.05, 0) is 160 Å². The minimum absolute atomic E-state index is 0.0911. The molecule has 0 fully saturated rings. The van der Waals surface area contributed by atoms with Gasteiger partial charge in [-0.3, -0.25) is 0 Å². The van der Waals surface area contributed by atoms with Crippen molar-refractivity contribution in [3.8, 4) is 51.1 Å². The van der Waals surface area contributed by atoms with Crippen molar-refractivity contribution in [2.45, 2.75) is 73.9 Å². The van der Waals surface area contributed by atoms with E-state index in [0.29, 0.717) is 72.5 Å². The second kappa shape index (κ2) is 24.0. The van der Waals surface area contributed by atoms with E-state index in [-0.39, 0.29) is 39.4 Å². The lowest BCUT2D eigenvalue weighted by Crippen LogP contribution is -2.17. The Morgan fingerprint density at radius 3 is 0.853 bits per heavy atom. The van der Waals surface area contributed by atoms with Gasteiger partial charge < -0.3 is 18.3 Å². The Kier molecular flexibility index (Phi) is 15.4. The van der Waals surface area contributed by atoms with Gasteiger partial charge in [0.1, 0.15) is 17.2 Å². The van der Waals surface area contributed by atoms with E-state index >= 15 is 13.2 Å². The number of hydrogen-bond donors (Lipinski definition) is 0. The summed E-state index contributed by atoms with van der Waals surface area (Å²) in [6, 6.07) is 61.7. The summed E-state index contributed by atoms with van der Waals surface area (Å²) in [4.78, 5) is 6.70. The topological polar surface area (TPSA) is 52.2 Å². The number of alkyl halides is 9. The van der Waals surface area contributed by atoms with Crippen LogP contribution in [-0.4, -0.2) is 18.3 Å². The molecule has 16 aromatic rings. The average Bonchev–Trinajstić information content (AvgIpc) is 1.52. The molecule has 0 saturated carbocycles. The predicted octanol–water partition coefficient (Wildman–Crippen LogP) is 25.6. The van der Waals surface area contributed by atoms with Crippen molar-refractivity contribution in [3.63, 3.8) is 0 Å². The van der Waals surface area contributed by atoms with Gasteiger partial charge >= 0.3 is 18.5 Å². The maximum absolute atomic E-state index is 16.3. The molecular formula is C86H58F9N7. The summed E-state index contributed by atoms with van der Waals surface area (Å²) < 4.78 is 142. The molecule has 16 rings (SSSR count). The van der Waals surface area contributed by atoms with Crippen LogP contribution in [-0.2, 0) is 18.5 Å². The molecule has 0 aliphatic carbocycles. The first-order chi connectivity index (χ1) is 48.7. The van der Waals surface area contributed by atoms with Crippen LogP contribution in [0.15, 0.2) is 206 Å². The van der Waals surface area contributed by atoms with E-state index in [1.165, 1.54) is 24.3 Å². The maximum atomic E-state index is 16.3. The number of rotatable bonds is 6. The molecule has 0 aliphatic heterocycles. The molecule has 0 N–H and O–H groups in total. The van der Waals surface area contributed by atoms with Crippen molar-refractivity contribution >= 4 is 98.6 Å². The third kappa shape index (κ3) is 10.2. The van der Waals surface area contributed by atoms with Crippen molar-refractivity contribution in [2.24, 2.45) is 0 Å². The summed E-state index contributed by atoms with van der Waals surface area (Å²) >= 11 is 0. The number of para-hydroxylation sites is 8. The van der Waals surface area contributed by atoms with E-state index < -0.39 is 35.2 Å². The Labute approximate surface area is 579 Å². The van der Waals surface area contributed by atoms with Gasteiger partial charge in [-0.1, -0.05) is 158 Å². The summed E-state index contributed by atoms with van der Waals surface area (Å²) in [5.41, 5.74) is 10.4. The van der Waals surface area contributed by atoms with Crippen molar-refractivity contribution in [2.75, 3.05) is 0 Å². The standard InChI is InChI=1S/C43H29F6N3.C43H29F3N4/c1-23-10-6-14-31-32-15-7-11-24(2)38(32)51(37(23)31)35-19-18-30(27-20-28(42(44,45)46)22-29(21-27)50-5)41(36(35)43(47,48)49)52-39-25(3)12-8-16-33(39)34-17-9-13-26(4)40(34)52;1-24-10-6-14-32-33-15-7-11-25(2)39(33)49(38(24)32)37-19-18-31(28-20-29(43(44,45)46)22-30(21-28)48-5)42(36(37)23-47)50-40-26(3)12-8-16-34(40)35-17-9-13-27(4)41(35)50/h6-22H,1-4H3;6-22H,1-4H3. The monoisotopic (exact) mass is 1360 g/mol. The molecule has 500 valence electrons. The van der Waals surface area contributed by atoms with E-state index in [4.69, 9.17) is 13.1 Å². The summed E-state index contributed by atoms with van der Waals surface area (Å²) in [5, 5.41) is 18.3. The van der Waals surface area contributed by atoms with Crippen LogP contribution in [0.1, 0.15) is 66.8 Å². The molecule has 102 heavy (non-hydrogen) atoms. The second-order valence-corrected chi connectivity index (χ2v) is 26.2. The molecule has 0 bridgehead atoms. The van der Waals surface area contributed by atoms with E-state index in [2.05, 4.69) is 37.0 Å². The highest BCUT2D eigenvalue weighted by Gasteiger charge is 2.42. The number of benzene rings is 12. The number of halogens is 9. The Bertz CT molecular complexity index is 6180. The quantitative estimate of drug-likeness (QED) is 0.121. The molecule has 0 unspecified atom stereocenters. The first kappa shape index (κ1) is 65.6. The fraction of sp³-hybridized carbons (Fsp3) is 0.128. The molecule has 0 spiro atoms. The summed E-state index contributed by atoms with van der Waals surface area (Å²) in [6.07, 6.45) is -14.5. The van der Waals surface area contributed by atoms with E-state index in [1.807, 2.05) is 195 Å². The van der Waals surface area contributed by atoms with Gasteiger partial charge in [0.2, 0.25) is 0 Å². The van der Waals surface area contributed by atoms with Gasteiger partial charge in [0.05, 0.1) is 80.0 Å². The molecule has 4 aromatic heterocycles. The van der Waals surface area contributed by atoms with Gasteiger partial charge in [0, 0.05) is 65.3 Å². The SMILES string of the molecule is [C-]#[N+]c1cc(-c2ccc(-n3c4c(C)cccc4c4cccc(C)c43)c(C#N)c2-n2c3c(C)cccc3c3cccc(C)c32)cc(C(F)(F)F)c1.[C-]#[N+]c1cc(-c2ccc(-n3c4c(C)cccc4c4cccc(C)c43)c(C(F)(F)F)c2-n2c3c(C)cccc3c3cccc(C)c32)cc(C(F)(F)F)c1. The summed E-state index contributed by atoms with van der Waals surface area (Å²) in [5.74, 6) is 0. The fourth-order valence-corrected chi connectivity index (χ4v) is 15.6. The van der Waals surface area contributed by atoms with Gasteiger partial charge in [0.15, 0.2) is 11.4 Å². The molecule has 4 heterocycles.